The van der Waals surface area contributed by atoms with Crippen LogP contribution in [0, 0.1) is 0 Å². The molecule has 1 N–H and O–H groups in total. The molecule has 0 aliphatic carbocycles. The first-order chi connectivity index (χ1) is 12.2. The van der Waals surface area contributed by atoms with E-state index in [1.54, 1.807) is 24.3 Å². The third-order valence-electron chi connectivity index (χ3n) is 3.48. The number of aromatic nitrogens is 3. The first kappa shape index (κ1) is 18.0. The molecule has 0 fully saturated rings. The van der Waals surface area contributed by atoms with Crippen LogP contribution in [0.25, 0.3) is 11.0 Å². The van der Waals surface area contributed by atoms with E-state index in [9.17, 15) is 18.0 Å². The minimum atomic E-state index is -4.51. The highest BCUT2D eigenvalue weighted by atomic mass is 35.5. The van der Waals surface area contributed by atoms with Crippen LogP contribution in [0.4, 0.5) is 18.9 Å². The number of benzene rings is 2. The van der Waals surface area contributed by atoms with Gasteiger partial charge in [0.25, 0.3) is 5.91 Å². The number of nitrogens with zero attached hydrogens (tertiary/aromatic N) is 3. The van der Waals surface area contributed by atoms with E-state index in [2.05, 4.69) is 15.6 Å². The van der Waals surface area contributed by atoms with Crippen molar-refractivity contribution in [2.24, 2.45) is 0 Å². The number of carbonyl (C=O) groups excluding carboxylic acids is 1. The lowest BCUT2D eigenvalue weighted by atomic mass is 10.2. The molecule has 3 aromatic rings. The first-order valence-electron chi connectivity index (χ1n) is 7.40. The van der Waals surface area contributed by atoms with Crippen molar-refractivity contribution in [1.82, 2.24) is 15.2 Å². The lowest BCUT2D eigenvalue weighted by molar-refractivity contribution is -0.137. The zero-order valence-corrected chi connectivity index (χ0v) is 14.0. The second-order valence-electron chi connectivity index (χ2n) is 5.41. The largest absolute Gasteiger partial charge is 0.416 e. The fraction of sp³-hybridized carbons (Fsp3) is 0.188. The van der Waals surface area contributed by atoms with Crippen molar-refractivity contribution in [2.75, 3.05) is 5.32 Å². The zero-order valence-electron chi connectivity index (χ0n) is 13.3. The Labute approximate surface area is 150 Å². The Hall–Kier alpha value is -2.81. The highest BCUT2D eigenvalue weighted by Gasteiger charge is 2.31. The fourth-order valence-electron chi connectivity index (χ4n) is 2.13. The van der Waals surface area contributed by atoms with Crippen molar-refractivity contribution in [1.29, 1.82) is 0 Å². The Kier molecular flexibility index (Phi) is 4.73. The van der Waals surface area contributed by atoms with E-state index in [4.69, 9.17) is 16.4 Å². The summed E-state index contributed by atoms with van der Waals surface area (Å²) >= 11 is 5.77. The number of amides is 1. The second-order valence-corrected chi connectivity index (χ2v) is 5.84. The lowest BCUT2D eigenvalue weighted by Crippen LogP contribution is -2.35. The maximum absolute atomic E-state index is 12.9. The van der Waals surface area contributed by atoms with Gasteiger partial charge in [-0.1, -0.05) is 16.4 Å². The quantitative estimate of drug-likeness (QED) is 0.746. The van der Waals surface area contributed by atoms with Crippen LogP contribution in [0.1, 0.15) is 12.5 Å². The number of rotatable bonds is 4. The van der Waals surface area contributed by atoms with Gasteiger partial charge in [-0.2, -0.15) is 13.2 Å². The molecule has 136 valence electrons. The molecule has 26 heavy (non-hydrogen) atoms. The summed E-state index contributed by atoms with van der Waals surface area (Å²) in [5.41, 5.74) is -0.151. The summed E-state index contributed by atoms with van der Waals surface area (Å²) in [7, 11) is 0. The van der Waals surface area contributed by atoms with Gasteiger partial charge in [-0.05, 0) is 54.6 Å². The summed E-state index contributed by atoms with van der Waals surface area (Å²) in [6.45, 7) is 1.44. The summed E-state index contributed by atoms with van der Waals surface area (Å²) in [5.74, 6) is -0.511. The number of hydrogen-bond donors (Lipinski definition) is 1. The number of halogens is 4. The van der Waals surface area contributed by atoms with E-state index in [0.29, 0.717) is 10.7 Å². The molecule has 1 heterocycles. The summed E-state index contributed by atoms with van der Waals surface area (Å²) in [6, 6.07) is 9.36. The van der Waals surface area contributed by atoms with Crippen LogP contribution >= 0.6 is 11.6 Å². The molecule has 1 amide bonds. The first-order valence-corrected chi connectivity index (χ1v) is 7.78. The molecule has 1 atom stereocenters. The van der Waals surface area contributed by atoms with Crippen molar-refractivity contribution in [2.45, 2.75) is 19.2 Å². The zero-order chi connectivity index (χ0) is 18.9. The molecule has 0 saturated heterocycles. The Bertz CT molecular complexity index is 941. The van der Waals surface area contributed by atoms with Crippen LogP contribution in [0.15, 0.2) is 42.5 Å². The van der Waals surface area contributed by atoms with Gasteiger partial charge in [0.2, 0.25) is 6.10 Å². The number of nitrogens with one attached hydrogen (secondary N) is 1. The average molecular weight is 385 g/mol. The Morgan fingerprint density at radius 1 is 1.23 bits per heavy atom. The van der Waals surface area contributed by atoms with Crippen LogP contribution < -0.4 is 10.2 Å². The van der Waals surface area contributed by atoms with Crippen molar-refractivity contribution in [3.05, 3.63) is 53.1 Å². The number of anilines is 1. The molecule has 0 aliphatic rings. The van der Waals surface area contributed by atoms with Crippen molar-refractivity contribution >= 4 is 34.2 Å². The molecule has 2 aromatic carbocycles. The molecule has 0 saturated carbocycles. The second kappa shape index (κ2) is 6.83. The maximum atomic E-state index is 12.9. The molecule has 1 aromatic heterocycles. The van der Waals surface area contributed by atoms with Crippen LogP contribution in [0.2, 0.25) is 5.02 Å². The molecule has 0 unspecified atom stereocenters. The maximum Gasteiger partial charge on any atom is 0.416 e. The van der Waals surface area contributed by atoms with Gasteiger partial charge in [0.15, 0.2) is 0 Å². The van der Waals surface area contributed by atoms with Gasteiger partial charge in [-0.15, -0.1) is 5.10 Å². The summed E-state index contributed by atoms with van der Waals surface area (Å²) in [5, 5.41) is 10.5. The van der Waals surface area contributed by atoms with Gasteiger partial charge in [-0.25, -0.2) is 0 Å². The van der Waals surface area contributed by atoms with Gasteiger partial charge < -0.3 is 10.2 Å². The Balaban J connectivity index is 1.77. The van der Waals surface area contributed by atoms with Crippen molar-refractivity contribution < 1.29 is 22.8 Å². The van der Waals surface area contributed by atoms with Crippen LogP contribution in [0.5, 0.6) is 0 Å². The predicted octanol–water partition coefficient (Wildman–Crippen LogP) is 3.56. The highest BCUT2D eigenvalue weighted by molar-refractivity contribution is 6.30. The lowest BCUT2D eigenvalue weighted by Gasteiger charge is -2.14. The molecule has 0 bridgehead atoms. The van der Waals surface area contributed by atoms with E-state index in [0.717, 1.165) is 17.0 Å². The number of hydrogen-bond acceptors (Lipinski definition) is 4. The summed E-state index contributed by atoms with van der Waals surface area (Å²) < 4.78 is 38.6. The Morgan fingerprint density at radius 3 is 2.58 bits per heavy atom. The smallest absolute Gasteiger partial charge is 0.382 e. The van der Waals surface area contributed by atoms with Gasteiger partial charge in [-0.3, -0.25) is 4.79 Å². The minimum absolute atomic E-state index is 0.00553. The van der Waals surface area contributed by atoms with Crippen LogP contribution in [-0.2, 0) is 11.0 Å². The monoisotopic (exact) mass is 384 g/mol. The number of carbonyl (C=O) groups is 1. The molecule has 3 rings (SSSR count). The molecular weight excluding hydrogens is 373 g/mol. The van der Waals surface area contributed by atoms with Crippen molar-refractivity contribution in [3.63, 3.8) is 0 Å². The molecule has 0 radical (unpaired) electrons. The normalized spacial score (nSPS) is 12.8. The molecule has 6 nitrogen and oxygen atoms in total. The SMILES string of the molecule is C[C@H](On1nnc2ccc(C(F)(F)F)cc21)C(=O)Nc1ccc(Cl)cc1. The molecule has 0 aliphatic heterocycles. The molecular formula is C16H12ClF3N4O2. The summed E-state index contributed by atoms with van der Waals surface area (Å²) in [6.07, 6.45) is -5.55. The van der Waals surface area contributed by atoms with Gasteiger partial charge in [0, 0.05) is 10.7 Å². The predicted molar refractivity (Wildman–Crippen MR) is 88.7 cm³/mol. The van der Waals surface area contributed by atoms with Gasteiger partial charge in [0.05, 0.1) is 5.56 Å². The molecule has 0 spiro atoms. The standard InChI is InChI=1S/C16H12ClF3N4O2/c1-9(15(25)21-12-5-3-11(17)4-6-12)26-24-14-8-10(16(18,19)20)2-7-13(14)22-23-24/h2-9H,1H3,(H,21,25)/t9-/m0/s1. The van der Waals surface area contributed by atoms with Gasteiger partial charge in [0.1, 0.15) is 11.0 Å². The molecule has 10 heteroatoms. The van der Waals surface area contributed by atoms with E-state index in [1.807, 2.05) is 0 Å². The van der Waals surface area contributed by atoms with Crippen LogP contribution in [0.3, 0.4) is 0 Å². The van der Waals surface area contributed by atoms with Gasteiger partial charge >= 0.3 is 6.18 Å². The fourth-order valence-corrected chi connectivity index (χ4v) is 2.25. The van der Waals surface area contributed by atoms with Crippen molar-refractivity contribution in [3.8, 4) is 0 Å². The Morgan fingerprint density at radius 2 is 1.92 bits per heavy atom. The number of alkyl halides is 3. The van der Waals surface area contributed by atoms with E-state index in [-0.39, 0.29) is 11.0 Å². The topological polar surface area (TPSA) is 69.0 Å². The van der Waals surface area contributed by atoms with E-state index in [1.165, 1.54) is 13.0 Å². The van der Waals surface area contributed by atoms with E-state index >= 15 is 0 Å². The summed E-state index contributed by atoms with van der Waals surface area (Å²) in [4.78, 5) is 18.3. The highest BCUT2D eigenvalue weighted by Crippen LogP contribution is 2.30. The van der Waals surface area contributed by atoms with E-state index < -0.39 is 23.8 Å². The number of fused-ring (bicyclic) bond motifs is 1. The minimum Gasteiger partial charge on any atom is -0.382 e. The van der Waals surface area contributed by atoms with Crippen LogP contribution in [-0.4, -0.2) is 27.2 Å². The third kappa shape index (κ3) is 3.88. The average Bonchev–Trinajstić information content (AvgIpc) is 2.98. The third-order valence-corrected chi connectivity index (χ3v) is 3.73.